The summed E-state index contributed by atoms with van der Waals surface area (Å²) in [4.78, 5) is 21.8. The van der Waals surface area contributed by atoms with Gasteiger partial charge < -0.3 is 20.3 Å². The molecule has 2 amide bonds. The fourth-order valence-electron chi connectivity index (χ4n) is 4.26. The second-order valence-corrected chi connectivity index (χ2v) is 7.61. The molecule has 5 heterocycles. The van der Waals surface area contributed by atoms with Crippen molar-refractivity contribution in [1.82, 2.24) is 19.9 Å². The maximum Gasteiger partial charge on any atom is 0.327 e. The number of ether oxygens (including phenoxy) is 1. The Morgan fingerprint density at radius 2 is 2.07 bits per heavy atom. The van der Waals surface area contributed by atoms with E-state index in [9.17, 15) is 4.79 Å². The average Bonchev–Trinajstić information content (AvgIpc) is 3.35. The molecule has 0 saturated carbocycles. The maximum atomic E-state index is 13.1. The van der Waals surface area contributed by atoms with E-state index in [1.807, 2.05) is 19.1 Å². The summed E-state index contributed by atoms with van der Waals surface area (Å²) < 4.78 is 7.22. The van der Waals surface area contributed by atoms with Crippen LogP contribution in [0.2, 0.25) is 0 Å². The number of urea groups is 1. The van der Waals surface area contributed by atoms with E-state index in [4.69, 9.17) is 4.74 Å². The van der Waals surface area contributed by atoms with E-state index in [2.05, 4.69) is 31.7 Å². The topological polar surface area (TPSA) is 87.0 Å². The van der Waals surface area contributed by atoms with E-state index in [-0.39, 0.29) is 6.03 Å². The predicted octanol–water partition coefficient (Wildman–Crippen LogP) is 2.05. The SMILES string of the molecule is COc1cn2nc(C)cc2cc1NC(=O)N1CCc2c(N3CCNCC3)ccnc21. The van der Waals surface area contributed by atoms with Gasteiger partial charge in [-0.25, -0.2) is 14.3 Å². The van der Waals surface area contributed by atoms with Gasteiger partial charge in [0.05, 0.1) is 30.2 Å². The number of aromatic nitrogens is 3. The number of nitrogens with zero attached hydrogens (tertiary/aromatic N) is 5. The lowest BCUT2D eigenvalue weighted by Gasteiger charge is -2.31. The molecule has 0 aliphatic carbocycles. The van der Waals surface area contributed by atoms with Crippen LogP contribution in [0.3, 0.4) is 0 Å². The van der Waals surface area contributed by atoms with Crippen molar-refractivity contribution in [2.75, 3.05) is 55.0 Å². The fourth-order valence-corrected chi connectivity index (χ4v) is 4.26. The molecule has 0 bridgehead atoms. The van der Waals surface area contributed by atoms with Crippen LogP contribution in [-0.4, -0.2) is 60.5 Å². The Morgan fingerprint density at radius 3 is 2.87 bits per heavy atom. The van der Waals surface area contributed by atoms with Gasteiger partial charge in [-0.3, -0.25) is 4.90 Å². The highest BCUT2D eigenvalue weighted by atomic mass is 16.5. The molecule has 2 aliphatic heterocycles. The van der Waals surface area contributed by atoms with Gasteiger partial charge in [0.25, 0.3) is 0 Å². The first-order valence-corrected chi connectivity index (χ1v) is 10.2. The summed E-state index contributed by atoms with van der Waals surface area (Å²) in [6, 6.07) is 5.68. The maximum absolute atomic E-state index is 13.1. The van der Waals surface area contributed by atoms with Crippen LogP contribution in [0.5, 0.6) is 5.75 Å². The molecular formula is C21H25N7O2. The van der Waals surface area contributed by atoms with E-state index in [1.54, 1.807) is 28.9 Å². The van der Waals surface area contributed by atoms with E-state index in [0.29, 0.717) is 18.0 Å². The fraction of sp³-hybridized carbons (Fsp3) is 0.381. The molecule has 3 aromatic rings. The lowest BCUT2D eigenvalue weighted by Crippen LogP contribution is -2.43. The number of aryl methyl sites for hydroxylation is 1. The molecule has 0 unspecified atom stereocenters. The second kappa shape index (κ2) is 7.49. The summed E-state index contributed by atoms with van der Waals surface area (Å²) in [6.45, 7) is 6.40. The van der Waals surface area contributed by atoms with Crippen molar-refractivity contribution < 1.29 is 9.53 Å². The second-order valence-electron chi connectivity index (χ2n) is 7.61. The third kappa shape index (κ3) is 3.21. The molecule has 3 aromatic heterocycles. The summed E-state index contributed by atoms with van der Waals surface area (Å²) >= 11 is 0. The van der Waals surface area contributed by atoms with Crippen LogP contribution in [0, 0.1) is 6.92 Å². The summed E-state index contributed by atoms with van der Waals surface area (Å²) in [5.74, 6) is 1.30. The molecule has 30 heavy (non-hydrogen) atoms. The Morgan fingerprint density at radius 1 is 1.23 bits per heavy atom. The summed E-state index contributed by atoms with van der Waals surface area (Å²) in [5, 5.41) is 10.8. The molecule has 0 spiro atoms. The van der Waals surface area contributed by atoms with Gasteiger partial charge in [-0.2, -0.15) is 5.10 Å². The number of methoxy groups -OCH3 is 1. The molecular weight excluding hydrogens is 382 g/mol. The number of hydrogen-bond donors (Lipinski definition) is 2. The van der Waals surface area contributed by atoms with Crippen molar-refractivity contribution in [2.45, 2.75) is 13.3 Å². The van der Waals surface area contributed by atoms with Gasteiger partial charge >= 0.3 is 6.03 Å². The zero-order valence-electron chi connectivity index (χ0n) is 17.2. The molecule has 2 N–H and O–H groups in total. The number of nitrogens with one attached hydrogen (secondary N) is 2. The lowest BCUT2D eigenvalue weighted by molar-refractivity contribution is 0.257. The van der Waals surface area contributed by atoms with Gasteiger partial charge in [-0.1, -0.05) is 0 Å². The average molecular weight is 407 g/mol. The van der Waals surface area contributed by atoms with Gasteiger partial charge in [-0.05, 0) is 31.5 Å². The highest BCUT2D eigenvalue weighted by Crippen LogP contribution is 2.35. The molecule has 5 rings (SSSR count). The van der Waals surface area contributed by atoms with Gasteiger partial charge in [0.2, 0.25) is 0 Å². The van der Waals surface area contributed by atoms with Crippen LogP contribution < -0.4 is 25.2 Å². The quantitative estimate of drug-likeness (QED) is 0.691. The molecule has 1 fully saturated rings. The van der Waals surface area contributed by atoms with Crippen molar-refractivity contribution in [3.8, 4) is 5.75 Å². The number of carbonyl (C=O) groups is 1. The monoisotopic (exact) mass is 407 g/mol. The summed E-state index contributed by atoms with van der Waals surface area (Å²) in [6.07, 6.45) is 4.37. The van der Waals surface area contributed by atoms with Crippen molar-refractivity contribution >= 4 is 28.7 Å². The standard InChI is InChI=1S/C21H25N7O2/c1-14-11-15-12-17(19(30-2)13-28(15)25-14)24-21(29)27-8-4-16-18(3-5-23-20(16)27)26-9-6-22-7-10-26/h3,5,11-13,22H,4,6-10H2,1-2H3,(H,24,29). The molecule has 0 atom stereocenters. The molecule has 2 aliphatic rings. The Hall–Kier alpha value is -3.33. The lowest BCUT2D eigenvalue weighted by atomic mass is 10.1. The number of pyridine rings is 2. The van der Waals surface area contributed by atoms with Crippen molar-refractivity contribution in [3.05, 3.63) is 41.9 Å². The third-order valence-electron chi connectivity index (χ3n) is 5.70. The summed E-state index contributed by atoms with van der Waals surface area (Å²) in [5.41, 5.74) is 4.73. The number of hydrogen-bond acceptors (Lipinski definition) is 6. The van der Waals surface area contributed by atoms with Crippen LogP contribution in [0.25, 0.3) is 5.52 Å². The molecule has 0 aromatic carbocycles. The van der Waals surface area contributed by atoms with E-state index >= 15 is 0 Å². The zero-order chi connectivity index (χ0) is 20.7. The van der Waals surface area contributed by atoms with Crippen LogP contribution >= 0.6 is 0 Å². The Labute approximate surface area is 174 Å². The highest BCUT2D eigenvalue weighted by Gasteiger charge is 2.30. The van der Waals surface area contributed by atoms with Crippen LogP contribution in [0.15, 0.2) is 30.6 Å². The van der Waals surface area contributed by atoms with E-state index in [1.165, 1.54) is 5.69 Å². The summed E-state index contributed by atoms with van der Waals surface area (Å²) in [7, 11) is 1.58. The smallest absolute Gasteiger partial charge is 0.327 e. The van der Waals surface area contributed by atoms with Gasteiger partial charge in [0, 0.05) is 50.2 Å². The van der Waals surface area contributed by atoms with Gasteiger partial charge in [-0.15, -0.1) is 0 Å². The minimum atomic E-state index is -0.211. The highest BCUT2D eigenvalue weighted by molar-refractivity contribution is 6.04. The predicted molar refractivity (Wildman–Crippen MR) is 116 cm³/mol. The zero-order valence-corrected chi connectivity index (χ0v) is 17.2. The molecule has 9 heteroatoms. The molecule has 1 saturated heterocycles. The Balaban J connectivity index is 1.42. The normalized spacial score (nSPS) is 16.1. The third-order valence-corrected chi connectivity index (χ3v) is 5.70. The van der Waals surface area contributed by atoms with Crippen molar-refractivity contribution in [1.29, 1.82) is 0 Å². The largest absolute Gasteiger partial charge is 0.493 e. The number of rotatable bonds is 3. The molecule has 0 radical (unpaired) electrons. The first-order valence-electron chi connectivity index (χ1n) is 10.2. The van der Waals surface area contributed by atoms with Crippen LogP contribution in [0.1, 0.15) is 11.3 Å². The van der Waals surface area contributed by atoms with Gasteiger partial charge in [0.1, 0.15) is 5.82 Å². The van der Waals surface area contributed by atoms with Crippen molar-refractivity contribution in [2.24, 2.45) is 0 Å². The van der Waals surface area contributed by atoms with Crippen LogP contribution in [0.4, 0.5) is 22.0 Å². The first-order chi connectivity index (χ1) is 14.6. The minimum absolute atomic E-state index is 0.211. The molecule has 156 valence electrons. The Bertz CT molecular complexity index is 1100. The van der Waals surface area contributed by atoms with Gasteiger partial charge in [0.15, 0.2) is 5.75 Å². The number of anilines is 3. The minimum Gasteiger partial charge on any atom is -0.493 e. The number of piperazine rings is 1. The van der Waals surface area contributed by atoms with E-state index in [0.717, 1.165) is 55.2 Å². The van der Waals surface area contributed by atoms with Crippen molar-refractivity contribution in [3.63, 3.8) is 0 Å². The first kappa shape index (κ1) is 18.7. The van der Waals surface area contributed by atoms with E-state index < -0.39 is 0 Å². The number of amides is 2. The Kier molecular flexibility index (Phi) is 4.66. The number of fused-ring (bicyclic) bond motifs is 2. The van der Waals surface area contributed by atoms with Crippen LogP contribution in [-0.2, 0) is 6.42 Å². The number of carbonyl (C=O) groups excluding carboxylic acids is 1. The molecule has 9 nitrogen and oxygen atoms in total.